The van der Waals surface area contributed by atoms with E-state index in [1.807, 2.05) is 66.2 Å². The fraction of sp³-hybridized carbons (Fsp3) is 0.238. The van der Waals surface area contributed by atoms with Crippen LogP contribution in [0.2, 0.25) is 0 Å². The third kappa shape index (κ3) is 4.28. The summed E-state index contributed by atoms with van der Waals surface area (Å²) < 4.78 is 6.83. The molecule has 0 saturated carbocycles. The Kier molecular flexibility index (Phi) is 5.45. The first-order chi connectivity index (χ1) is 13.0. The van der Waals surface area contributed by atoms with Gasteiger partial charge in [0.05, 0.1) is 6.61 Å². The number of anilines is 2. The van der Waals surface area contributed by atoms with Crippen molar-refractivity contribution in [3.05, 3.63) is 60.3 Å². The number of carbonyl (C=O) groups excluding carboxylic acids is 2. The number of amides is 1. The van der Waals surface area contributed by atoms with E-state index in [0.717, 1.165) is 16.6 Å². The molecule has 6 nitrogen and oxygen atoms in total. The predicted molar refractivity (Wildman–Crippen MR) is 107 cm³/mol. The van der Waals surface area contributed by atoms with E-state index in [-0.39, 0.29) is 18.4 Å². The first kappa shape index (κ1) is 18.5. The molecule has 3 aromatic rings. The molecule has 0 radical (unpaired) electrons. The molecule has 0 bridgehead atoms. The van der Waals surface area contributed by atoms with E-state index in [0.29, 0.717) is 17.9 Å². The van der Waals surface area contributed by atoms with E-state index in [4.69, 9.17) is 4.74 Å². The Bertz CT molecular complexity index is 958. The van der Waals surface area contributed by atoms with Crippen molar-refractivity contribution in [3.8, 4) is 0 Å². The molecule has 2 aromatic carbocycles. The van der Waals surface area contributed by atoms with Crippen molar-refractivity contribution in [2.75, 3.05) is 30.9 Å². The van der Waals surface area contributed by atoms with Gasteiger partial charge in [0.2, 0.25) is 0 Å². The Morgan fingerprint density at radius 1 is 1.07 bits per heavy atom. The number of fused-ring (bicyclic) bond motifs is 1. The van der Waals surface area contributed by atoms with Gasteiger partial charge in [-0.15, -0.1) is 0 Å². The lowest BCUT2D eigenvalue weighted by atomic mass is 10.1. The number of benzene rings is 2. The Morgan fingerprint density at radius 2 is 1.81 bits per heavy atom. The predicted octanol–water partition coefficient (Wildman–Crippen LogP) is 3.52. The molecule has 6 heteroatoms. The fourth-order valence-corrected chi connectivity index (χ4v) is 2.88. The SMILES string of the molecule is CCOC(=O)Cn1ccc2cc(NC(=O)c3ccc(N(C)C)cc3)ccc21. The van der Waals surface area contributed by atoms with Crippen LogP contribution in [-0.4, -0.2) is 37.1 Å². The Balaban J connectivity index is 1.73. The zero-order chi connectivity index (χ0) is 19.4. The van der Waals surface area contributed by atoms with Crippen molar-refractivity contribution in [1.82, 2.24) is 4.57 Å². The molecule has 140 valence electrons. The van der Waals surface area contributed by atoms with Crippen LogP contribution in [0.3, 0.4) is 0 Å². The molecular weight excluding hydrogens is 342 g/mol. The first-order valence-corrected chi connectivity index (χ1v) is 8.81. The third-order valence-electron chi connectivity index (χ3n) is 4.28. The highest BCUT2D eigenvalue weighted by molar-refractivity contribution is 6.05. The Hall–Kier alpha value is -3.28. The molecule has 0 atom stereocenters. The van der Waals surface area contributed by atoms with Crippen molar-refractivity contribution in [3.63, 3.8) is 0 Å². The molecule has 1 amide bonds. The van der Waals surface area contributed by atoms with Crippen molar-refractivity contribution in [2.24, 2.45) is 0 Å². The number of aromatic nitrogens is 1. The van der Waals surface area contributed by atoms with Gasteiger partial charge >= 0.3 is 5.97 Å². The topological polar surface area (TPSA) is 63.6 Å². The minimum absolute atomic E-state index is 0.161. The van der Waals surface area contributed by atoms with E-state index in [2.05, 4.69) is 5.32 Å². The van der Waals surface area contributed by atoms with E-state index in [9.17, 15) is 9.59 Å². The maximum absolute atomic E-state index is 12.5. The van der Waals surface area contributed by atoms with Crippen LogP contribution in [0.1, 0.15) is 17.3 Å². The number of esters is 1. The second-order valence-corrected chi connectivity index (χ2v) is 6.42. The van der Waals surface area contributed by atoms with Gasteiger partial charge in [-0.2, -0.15) is 0 Å². The zero-order valence-corrected chi connectivity index (χ0v) is 15.7. The normalized spacial score (nSPS) is 10.6. The van der Waals surface area contributed by atoms with Crippen LogP contribution in [0.15, 0.2) is 54.7 Å². The van der Waals surface area contributed by atoms with Gasteiger partial charge in [-0.05, 0) is 55.5 Å². The average Bonchev–Trinajstić information content (AvgIpc) is 3.04. The van der Waals surface area contributed by atoms with E-state index >= 15 is 0 Å². The number of ether oxygens (including phenoxy) is 1. The van der Waals surface area contributed by atoms with Crippen LogP contribution < -0.4 is 10.2 Å². The summed E-state index contributed by atoms with van der Waals surface area (Å²) in [7, 11) is 3.91. The Labute approximate surface area is 158 Å². The van der Waals surface area contributed by atoms with Gasteiger partial charge in [-0.25, -0.2) is 0 Å². The molecule has 1 aromatic heterocycles. The largest absolute Gasteiger partial charge is 0.465 e. The molecular formula is C21H23N3O3. The number of hydrogen-bond acceptors (Lipinski definition) is 4. The summed E-state index contributed by atoms with van der Waals surface area (Å²) in [5, 5.41) is 3.86. The van der Waals surface area contributed by atoms with Gasteiger partial charge in [-0.3, -0.25) is 9.59 Å². The summed E-state index contributed by atoms with van der Waals surface area (Å²) in [6, 6.07) is 15.0. The lowest BCUT2D eigenvalue weighted by Gasteiger charge is -2.12. The van der Waals surface area contributed by atoms with Crippen molar-refractivity contribution in [1.29, 1.82) is 0 Å². The van der Waals surface area contributed by atoms with Crippen LogP contribution >= 0.6 is 0 Å². The monoisotopic (exact) mass is 365 g/mol. The summed E-state index contributed by atoms with van der Waals surface area (Å²) in [6.45, 7) is 2.32. The molecule has 0 aliphatic carbocycles. The second kappa shape index (κ2) is 7.95. The standard InChI is InChI=1S/C21H23N3O3/c1-4-27-20(25)14-24-12-11-16-13-17(7-10-19(16)24)22-21(26)15-5-8-18(9-6-15)23(2)3/h5-13H,4,14H2,1-3H3,(H,22,26). The van der Waals surface area contributed by atoms with Gasteiger partial charge in [0.1, 0.15) is 6.54 Å². The molecule has 0 spiro atoms. The molecule has 0 saturated heterocycles. The minimum atomic E-state index is -0.270. The van der Waals surface area contributed by atoms with Gasteiger partial charge in [0, 0.05) is 48.1 Å². The molecule has 3 rings (SSSR count). The smallest absolute Gasteiger partial charge is 0.325 e. The first-order valence-electron chi connectivity index (χ1n) is 8.81. The molecule has 0 unspecified atom stereocenters. The summed E-state index contributed by atoms with van der Waals surface area (Å²) in [5.74, 6) is -0.431. The van der Waals surface area contributed by atoms with Gasteiger partial charge < -0.3 is 19.5 Å². The van der Waals surface area contributed by atoms with Crippen molar-refractivity contribution in [2.45, 2.75) is 13.5 Å². The quantitative estimate of drug-likeness (QED) is 0.679. The van der Waals surface area contributed by atoms with E-state index in [1.54, 1.807) is 19.1 Å². The van der Waals surface area contributed by atoms with Gasteiger partial charge in [0.15, 0.2) is 0 Å². The molecule has 0 aliphatic rings. The summed E-state index contributed by atoms with van der Waals surface area (Å²) in [4.78, 5) is 26.1. The average molecular weight is 365 g/mol. The maximum atomic E-state index is 12.5. The molecule has 0 fully saturated rings. The van der Waals surface area contributed by atoms with Crippen LogP contribution in [0.4, 0.5) is 11.4 Å². The lowest BCUT2D eigenvalue weighted by Crippen LogP contribution is -2.13. The van der Waals surface area contributed by atoms with Crippen molar-refractivity contribution < 1.29 is 14.3 Å². The van der Waals surface area contributed by atoms with Gasteiger partial charge in [-0.1, -0.05) is 0 Å². The van der Waals surface area contributed by atoms with Crippen LogP contribution in [-0.2, 0) is 16.1 Å². The second-order valence-electron chi connectivity index (χ2n) is 6.42. The molecule has 1 N–H and O–H groups in total. The van der Waals surface area contributed by atoms with Crippen LogP contribution in [0.25, 0.3) is 10.9 Å². The minimum Gasteiger partial charge on any atom is -0.465 e. The summed E-state index contributed by atoms with van der Waals surface area (Å²) in [5.41, 5.74) is 3.26. The van der Waals surface area contributed by atoms with E-state index in [1.165, 1.54) is 0 Å². The van der Waals surface area contributed by atoms with Crippen LogP contribution in [0, 0.1) is 0 Å². The third-order valence-corrected chi connectivity index (χ3v) is 4.28. The number of carbonyl (C=O) groups is 2. The van der Waals surface area contributed by atoms with E-state index < -0.39 is 0 Å². The molecule has 0 aliphatic heterocycles. The highest BCUT2D eigenvalue weighted by Crippen LogP contribution is 2.21. The fourth-order valence-electron chi connectivity index (χ4n) is 2.88. The van der Waals surface area contributed by atoms with Gasteiger partial charge in [0.25, 0.3) is 5.91 Å². The molecule has 1 heterocycles. The van der Waals surface area contributed by atoms with Crippen LogP contribution in [0.5, 0.6) is 0 Å². The number of rotatable bonds is 6. The summed E-state index contributed by atoms with van der Waals surface area (Å²) in [6.07, 6.45) is 1.84. The highest BCUT2D eigenvalue weighted by Gasteiger charge is 2.10. The number of nitrogens with one attached hydrogen (secondary N) is 1. The van der Waals surface area contributed by atoms with Crippen molar-refractivity contribution >= 4 is 34.2 Å². The Morgan fingerprint density at radius 3 is 2.48 bits per heavy atom. The lowest BCUT2D eigenvalue weighted by molar-refractivity contribution is -0.143. The number of nitrogens with zero attached hydrogens (tertiary/aromatic N) is 2. The number of hydrogen-bond donors (Lipinski definition) is 1. The highest BCUT2D eigenvalue weighted by atomic mass is 16.5. The molecule has 27 heavy (non-hydrogen) atoms. The zero-order valence-electron chi connectivity index (χ0n) is 15.7. The summed E-state index contributed by atoms with van der Waals surface area (Å²) >= 11 is 0. The maximum Gasteiger partial charge on any atom is 0.325 e.